The Morgan fingerprint density at radius 3 is 2.88 bits per heavy atom. The Kier molecular flexibility index (Phi) is 5.29. The van der Waals surface area contributed by atoms with E-state index in [2.05, 4.69) is 39.1 Å². The number of aromatic amines is 1. The molecule has 5 aromatic rings. The van der Waals surface area contributed by atoms with E-state index in [9.17, 15) is 0 Å². The minimum atomic E-state index is -0.155. The van der Waals surface area contributed by atoms with Crippen molar-refractivity contribution in [3.8, 4) is 29.2 Å². The summed E-state index contributed by atoms with van der Waals surface area (Å²) in [5, 5.41) is 3.35. The Morgan fingerprint density at radius 1 is 1.06 bits per heavy atom. The molecule has 3 aromatic heterocycles. The van der Waals surface area contributed by atoms with Crippen molar-refractivity contribution in [2.24, 2.45) is 5.73 Å². The Hall–Kier alpha value is -4.14. The molecule has 0 saturated heterocycles. The molecule has 0 bridgehead atoms. The fourth-order valence-electron chi connectivity index (χ4n) is 3.96. The van der Waals surface area contributed by atoms with Gasteiger partial charge in [0.15, 0.2) is 0 Å². The third kappa shape index (κ3) is 3.92. The van der Waals surface area contributed by atoms with Gasteiger partial charge in [-0.25, -0.2) is 4.98 Å². The average Bonchev–Trinajstić information content (AvgIpc) is 3.25. The second kappa shape index (κ2) is 8.54. The van der Waals surface area contributed by atoms with Crippen LogP contribution in [0.15, 0.2) is 79.4 Å². The molecule has 5 heteroatoms. The van der Waals surface area contributed by atoms with Gasteiger partial charge in [0, 0.05) is 46.5 Å². The highest BCUT2D eigenvalue weighted by molar-refractivity contribution is 5.87. The Labute approximate surface area is 186 Å². The molecule has 156 valence electrons. The number of para-hydroxylation sites is 1. The number of ether oxygens (including phenoxy) is 1. The summed E-state index contributed by atoms with van der Waals surface area (Å²) in [5.74, 6) is 3.32. The molecule has 3 heterocycles. The van der Waals surface area contributed by atoms with Gasteiger partial charge in [0.25, 0.3) is 0 Å². The van der Waals surface area contributed by atoms with E-state index in [0.29, 0.717) is 24.5 Å². The van der Waals surface area contributed by atoms with Crippen molar-refractivity contribution in [2.75, 3.05) is 6.61 Å². The Morgan fingerprint density at radius 2 is 1.97 bits per heavy atom. The van der Waals surface area contributed by atoms with Crippen molar-refractivity contribution in [1.82, 2.24) is 15.0 Å². The van der Waals surface area contributed by atoms with Crippen LogP contribution in [0.2, 0.25) is 0 Å². The molecule has 0 unspecified atom stereocenters. The van der Waals surface area contributed by atoms with Crippen molar-refractivity contribution >= 4 is 21.7 Å². The summed E-state index contributed by atoms with van der Waals surface area (Å²) < 4.78 is 6.00. The van der Waals surface area contributed by atoms with Crippen molar-refractivity contribution in [3.05, 3.63) is 90.6 Å². The lowest BCUT2D eigenvalue weighted by Gasteiger charge is -2.14. The average molecular weight is 419 g/mol. The zero-order chi connectivity index (χ0) is 21.9. The first-order chi connectivity index (χ1) is 15.7. The highest BCUT2D eigenvalue weighted by Gasteiger charge is 2.12. The van der Waals surface area contributed by atoms with Crippen LogP contribution in [-0.4, -0.2) is 27.6 Å². The number of hydrogen-bond acceptors (Lipinski definition) is 4. The summed E-state index contributed by atoms with van der Waals surface area (Å²) in [5.41, 5.74) is 11.1. The predicted molar refractivity (Wildman–Crippen MR) is 128 cm³/mol. The topological polar surface area (TPSA) is 76.8 Å². The molecule has 0 amide bonds. The summed E-state index contributed by atoms with van der Waals surface area (Å²) in [6.45, 7) is 0.374. The van der Waals surface area contributed by atoms with Crippen LogP contribution in [-0.2, 0) is 6.42 Å². The van der Waals surface area contributed by atoms with E-state index in [1.54, 1.807) is 12.4 Å². The van der Waals surface area contributed by atoms with Gasteiger partial charge in [-0.15, -0.1) is 6.42 Å². The maximum Gasteiger partial charge on any atom is 0.138 e. The number of aromatic nitrogens is 3. The maximum absolute atomic E-state index is 6.37. The Bertz CT molecular complexity index is 1450. The van der Waals surface area contributed by atoms with E-state index >= 15 is 0 Å². The van der Waals surface area contributed by atoms with Crippen LogP contribution in [0.5, 0.6) is 5.75 Å². The number of rotatable bonds is 6. The van der Waals surface area contributed by atoms with Crippen LogP contribution >= 0.6 is 0 Å². The number of nitrogens with one attached hydrogen (secondary N) is 1. The first-order valence-electron chi connectivity index (χ1n) is 10.5. The molecule has 0 saturated carbocycles. The molecule has 1 atom stereocenters. The molecular formula is C27H22N4O. The molecule has 0 aliphatic carbocycles. The van der Waals surface area contributed by atoms with E-state index in [4.69, 9.17) is 16.9 Å². The number of nitrogens with two attached hydrogens (primary N) is 1. The van der Waals surface area contributed by atoms with Gasteiger partial charge in [0.2, 0.25) is 0 Å². The fourth-order valence-corrected chi connectivity index (χ4v) is 3.96. The van der Waals surface area contributed by atoms with Crippen molar-refractivity contribution in [3.63, 3.8) is 0 Å². The zero-order valence-electron chi connectivity index (χ0n) is 17.5. The third-order valence-electron chi connectivity index (χ3n) is 5.57. The number of benzene rings is 2. The van der Waals surface area contributed by atoms with Crippen LogP contribution in [0.3, 0.4) is 0 Å². The lowest BCUT2D eigenvalue weighted by atomic mass is 10.0. The molecular weight excluding hydrogens is 396 g/mol. The molecule has 2 aromatic carbocycles. The van der Waals surface area contributed by atoms with Crippen LogP contribution in [0.1, 0.15) is 11.3 Å². The molecule has 0 fully saturated rings. The van der Waals surface area contributed by atoms with E-state index in [1.807, 2.05) is 48.8 Å². The molecule has 5 nitrogen and oxygen atoms in total. The summed E-state index contributed by atoms with van der Waals surface area (Å²) >= 11 is 0. The number of nitrogens with zero attached hydrogens (tertiary/aromatic N) is 2. The van der Waals surface area contributed by atoms with E-state index in [-0.39, 0.29) is 6.04 Å². The minimum absolute atomic E-state index is 0.155. The normalized spacial score (nSPS) is 12.0. The van der Waals surface area contributed by atoms with Crippen LogP contribution in [0.25, 0.3) is 32.8 Å². The van der Waals surface area contributed by atoms with Gasteiger partial charge < -0.3 is 15.5 Å². The second-order valence-corrected chi connectivity index (χ2v) is 7.78. The predicted octanol–water partition coefficient (Wildman–Crippen LogP) is 4.71. The summed E-state index contributed by atoms with van der Waals surface area (Å²) in [4.78, 5) is 11.9. The number of hydrogen-bond donors (Lipinski definition) is 2. The largest absolute Gasteiger partial charge is 0.490 e. The van der Waals surface area contributed by atoms with Gasteiger partial charge in [0.1, 0.15) is 18.1 Å². The number of pyridine rings is 2. The van der Waals surface area contributed by atoms with E-state index < -0.39 is 0 Å². The number of H-pyrrole nitrogens is 1. The monoisotopic (exact) mass is 418 g/mol. The van der Waals surface area contributed by atoms with Gasteiger partial charge >= 0.3 is 0 Å². The molecule has 0 aliphatic rings. The summed E-state index contributed by atoms with van der Waals surface area (Å²) in [6, 6.07) is 18.1. The van der Waals surface area contributed by atoms with E-state index in [0.717, 1.165) is 27.4 Å². The molecule has 3 N–H and O–H groups in total. The van der Waals surface area contributed by atoms with Gasteiger partial charge in [-0.05, 0) is 53.1 Å². The highest BCUT2D eigenvalue weighted by atomic mass is 16.5. The van der Waals surface area contributed by atoms with Crippen molar-refractivity contribution < 1.29 is 4.74 Å². The molecule has 0 aliphatic heterocycles. The fraction of sp³-hybridized carbons (Fsp3) is 0.111. The first kappa shape index (κ1) is 19.8. The SMILES string of the molecule is C#Cc1ncc(OC[C@@H](N)Cc2c[nH]c3ccccc23)cc1-c1ccc2cnccc2c1. The number of terminal acetylenes is 1. The molecule has 5 rings (SSSR count). The lowest BCUT2D eigenvalue weighted by molar-refractivity contribution is 0.287. The van der Waals surface area contributed by atoms with Gasteiger partial charge in [-0.2, -0.15) is 0 Å². The van der Waals surface area contributed by atoms with Gasteiger partial charge in [-0.1, -0.05) is 30.3 Å². The lowest BCUT2D eigenvalue weighted by Crippen LogP contribution is -2.30. The van der Waals surface area contributed by atoms with Crippen LogP contribution in [0.4, 0.5) is 0 Å². The van der Waals surface area contributed by atoms with Crippen LogP contribution in [0, 0.1) is 12.3 Å². The van der Waals surface area contributed by atoms with Gasteiger partial charge in [0.05, 0.1) is 6.20 Å². The van der Waals surface area contributed by atoms with Gasteiger partial charge in [-0.3, -0.25) is 4.98 Å². The smallest absolute Gasteiger partial charge is 0.138 e. The molecule has 0 spiro atoms. The third-order valence-corrected chi connectivity index (χ3v) is 5.57. The molecule has 32 heavy (non-hydrogen) atoms. The maximum atomic E-state index is 6.37. The standard InChI is InChI=1S/C27H22N4O/c1-2-26-25(19-7-8-20-14-29-10-9-18(20)11-19)13-23(16-31-26)32-17-22(28)12-21-15-30-27-6-4-3-5-24(21)27/h1,3-11,13-16,22,30H,12,17,28H2/t22-/m0/s1. The van der Waals surface area contributed by atoms with Crippen molar-refractivity contribution in [2.45, 2.75) is 12.5 Å². The minimum Gasteiger partial charge on any atom is -0.490 e. The number of fused-ring (bicyclic) bond motifs is 2. The quantitative estimate of drug-likeness (QED) is 0.392. The summed E-state index contributed by atoms with van der Waals surface area (Å²) in [7, 11) is 0. The first-order valence-corrected chi connectivity index (χ1v) is 10.5. The van der Waals surface area contributed by atoms with Crippen molar-refractivity contribution in [1.29, 1.82) is 0 Å². The van der Waals surface area contributed by atoms with Crippen LogP contribution < -0.4 is 10.5 Å². The Balaban J connectivity index is 1.34. The van der Waals surface area contributed by atoms with E-state index in [1.165, 1.54) is 10.9 Å². The summed E-state index contributed by atoms with van der Waals surface area (Å²) in [6.07, 6.45) is 13.7. The second-order valence-electron chi connectivity index (χ2n) is 7.78. The highest BCUT2D eigenvalue weighted by Crippen LogP contribution is 2.29. The molecule has 0 radical (unpaired) electrons. The zero-order valence-corrected chi connectivity index (χ0v) is 17.5.